The number of nitrogens with one attached hydrogen (secondary N) is 2. The first-order valence-electron chi connectivity index (χ1n) is 14.4. The molecule has 228 valence electrons. The lowest BCUT2D eigenvalue weighted by atomic mass is 9.86. The lowest BCUT2D eigenvalue weighted by Crippen LogP contribution is -2.42. The second kappa shape index (κ2) is 12.9. The SMILES string of the molecule is CC(C)(C)c1ccc(C(=O)Nc2cc3ccccc3cc2C(=O)NC(Cc2ccc(-c3ccc(F)c(Cl)c3)cc2)C(=O)O)cc1. The third-order valence-corrected chi connectivity index (χ3v) is 7.93. The van der Waals surface area contributed by atoms with Crippen LogP contribution in [0.1, 0.15) is 52.6 Å². The molecule has 0 aliphatic rings. The number of anilines is 1. The topological polar surface area (TPSA) is 95.5 Å². The van der Waals surface area contributed by atoms with Gasteiger partial charge in [-0.25, -0.2) is 9.18 Å². The minimum Gasteiger partial charge on any atom is -0.480 e. The van der Waals surface area contributed by atoms with Gasteiger partial charge in [-0.15, -0.1) is 0 Å². The number of benzene rings is 5. The van der Waals surface area contributed by atoms with Gasteiger partial charge in [-0.2, -0.15) is 0 Å². The minimum atomic E-state index is -1.25. The van der Waals surface area contributed by atoms with Gasteiger partial charge in [0.05, 0.1) is 16.3 Å². The maximum atomic E-state index is 13.6. The van der Waals surface area contributed by atoms with Crippen LogP contribution in [-0.2, 0) is 16.6 Å². The Labute approximate surface area is 265 Å². The van der Waals surface area contributed by atoms with Crippen molar-refractivity contribution in [2.75, 3.05) is 5.32 Å². The molecule has 0 saturated carbocycles. The fourth-order valence-corrected chi connectivity index (χ4v) is 5.21. The lowest BCUT2D eigenvalue weighted by Gasteiger charge is -2.19. The second-order valence-corrected chi connectivity index (χ2v) is 12.3. The van der Waals surface area contributed by atoms with E-state index in [1.54, 1.807) is 54.6 Å². The van der Waals surface area contributed by atoms with E-state index in [9.17, 15) is 23.9 Å². The van der Waals surface area contributed by atoms with E-state index in [1.807, 2.05) is 36.4 Å². The fraction of sp³-hybridized carbons (Fsp3) is 0.162. The zero-order valence-electron chi connectivity index (χ0n) is 25.0. The number of rotatable bonds is 8. The lowest BCUT2D eigenvalue weighted by molar-refractivity contribution is -0.139. The van der Waals surface area contributed by atoms with Gasteiger partial charge in [0, 0.05) is 12.0 Å². The number of carboxylic acids is 1. The van der Waals surface area contributed by atoms with Gasteiger partial charge in [0.25, 0.3) is 11.8 Å². The number of hydrogen-bond donors (Lipinski definition) is 3. The van der Waals surface area contributed by atoms with Gasteiger partial charge in [0.15, 0.2) is 0 Å². The normalized spacial score (nSPS) is 12.0. The van der Waals surface area contributed by atoms with Crippen LogP contribution in [0.15, 0.2) is 103 Å². The molecular formula is C37H32ClFN2O4. The average Bonchev–Trinajstić information content (AvgIpc) is 3.01. The largest absolute Gasteiger partial charge is 0.480 e. The van der Waals surface area contributed by atoms with Crippen LogP contribution >= 0.6 is 11.6 Å². The van der Waals surface area contributed by atoms with E-state index in [0.29, 0.717) is 16.7 Å². The molecule has 0 aliphatic heterocycles. The molecule has 8 heteroatoms. The molecule has 1 atom stereocenters. The van der Waals surface area contributed by atoms with Crippen molar-refractivity contribution in [3.63, 3.8) is 0 Å². The van der Waals surface area contributed by atoms with Gasteiger partial charge in [-0.1, -0.05) is 99.1 Å². The van der Waals surface area contributed by atoms with Gasteiger partial charge < -0.3 is 15.7 Å². The molecule has 5 rings (SSSR count). The number of fused-ring (bicyclic) bond motifs is 1. The molecule has 3 N–H and O–H groups in total. The molecule has 0 spiro atoms. The third-order valence-electron chi connectivity index (χ3n) is 7.64. The molecule has 45 heavy (non-hydrogen) atoms. The summed E-state index contributed by atoms with van der Waals surface area (Å²) in [7, 11) is 0. The summed E-state index contributed by atoms with van der Waals surface area (Å²) in [6.07, 6.45) is 0.0148. The molecule has 0 aromatic heterocycles. The molecule has 2 amide bonds. The van der Waals surface area contributed by atoms with Crippen LogP contribution in [0.3, 0.4) is 0 Å². The Balaban J connectivity index is 1.37. The van der Waals surface area contributed by atoms with Crippen LogP contribution in [0.5, 0.6) is 0 Å². The van der Waals surface area contributed by atoms with Crippen molar-refractivity contribution in [3.05, 3.63) is 136 Å². The highest BCUT2D eigenvalue weighted by Gasteiger charge is 2.24. The Bertz CT molecular complexity index is 1900. The van der Waals surface area contributed by atoms with E-state index in [4.69, 9.17) is 11.6 Å². The zero-order valence-corrected chi connectivity index (χ0v) is 25.8. The molecule has 0 bridgehead atoms. The van der Waals surface area contributed by atoms with Gasteiger partial charge in [0.1, 0.15) is 11.9 Å². The monoisotopic (exact) mass is 622 g/mol. The summed E-state index contributed by atoms with van der Waals surface area (Å²) in [5, 5.41) is 17.1. The van der Waals surface area contributed by atoms with Crippen LogP contribution in [0.4, 0.5) is 10.1 Å². The number of hydrogen-bond acceptors (Lipinski definition) is 3. The first-order valence-corrected chi connectivity index (χ1v) is 14.8. The van der Waals surface area contributed by atoms with Gasteiger partial charge >= 0.3 is 5.97 Å². The Morgan fingerprint density at radius 1 is 0.800 bits per heavy atom. The number of halogens is 2. The van der Waals surface area contributed by atoms with Crippen LogP contribution in [0.2, 0.25) is 5.02 Å². The summed E-state index contributed by atoms with van der Waals surface area (Å²) in [5.41, 5.74) is 4.01. The van der Waals surface area contributed by atoms with E-state index in [-0.39, 0.29) is 28.1 Å². The van der Waals surface area contributed by atoms with Crippen LogP contribution < -0.4 is 10.6 Å². The van der Waals surface area contributed by atoms with E-state index in [0.717, 1.165) is 21.9 Å². The smallest absolute Gasteiger partial charge is 0.326 e. The first kappa shape index (κ1) is 31.4. The van der Waals surface area contributed by atoms with E-state index < -0.39 is 29.6 Å². The highest BCUT2D eigenvalue weighted by molar-refractivity contribution is 6.31. The first-order chi connectivity index (χ1) is 21.4. The van der Waals surface area contributed by atoms with Crippen molar-refractivity contribution in [1.82, 2.24) is 5.32 Å². The predicted molar refractivity (Wildman–Crippen MR) is 176 cm³/mol. The molecular weight excluding hydrogens is 591 g/mol. The van der Waals surface area contributed by atoms with Crippen LogP contribution in [0.25, 0.3) is 21.9 Å². The summed E-state index contributed by atoms with van der Waals surface area (Å²) in [6.45, 7) is 6.27. The summed E-state index contributed by atoms with van der Waals surface area (Å²) in [6, 6.07) is 28.3. The molecule has 1 unspecified atom stereocenters. The van der Waals surface area contributed by atoms with E-state index in [2.05, 4.69) is 31.4 Å². The Hall–Kier alpha value is -5.01. The molecule has 5 aromatic rings. The van der Waals surface area contributed by atoms with Crippen LogP contribution in [-0.4, -0.2) is 28.9 Å². The number of carbonyl (C=O) groups is 3. The number of carbonyl (C=O) groups excluding carboxylic acids is 2. The molecule has 0 saturated heterocycles. The Morgan fingerprint density at radius 2 is 1.42 bits per heavy atom. The van der Waals surface area contributed by atoms with Gasteiger partial charge in [-0.3, -0.25) is 9.59 Å². The third kappa shape index (κ3) is 7.39. The summed E-state index contributed by atoms with van der Waals surface area (Å²) in [4.78, 5) is 39.1. The number of carboxylic acid groups (broad SMARTS) is 1. The molecule has 0 radical (unpaired) electrons. The fourth-order valence-electron chi connectivity index (χ4n) is 5.03. The highest BCUT2D eigenvalue weighted by Crippen LogP contribution is 2.28. The predicted octanol–water partition coefficient (Wildman–Crippen LogP) is 8.27. The zero-order chi connectivity index (χ0) is 32.3. The van der Waals surface area contributed by atoms with Crippen LogP contribution in [0, 0.1) is 5.82 Å². The quantitative estimate of drug-likeness (QED) is 0.162. The van der Waals surface area contributed by atoms with E-state index >= 15 is 0 Å². The second-order valence-electron chi connectivity index (χ2n) is 11.9. The summed E-state index contributed by atoms with van der Waals surface area (Å²) >= 11 is 5.92. The molecule has 0 heterocycles. The maximum absolute atomic E-state index is 13.6. The van der Waals surface area contributed by atoms with Crippen molar-refractivity contribution < 1.29 is 23.9 Å². The summed E-state index contributed by atoms with van der Waals surface area (Å²) in [5.74, 6) is -2.75. The maximum Gasteiger partial charge on any atom is 0.326 e. The molecule has 5 aromatic carbocycles. The van der Waals surface area contributed by atoms with Crippen molar-refractivity contribution in [2.45, 2.75) is 38.6 Å². The summed E-state index contributed by atoms with van der Waals surface area (Å²) < 4.78 is 13.6. The minimum absolute atomic E-state index is 0.00733. The molecule has 6 nitrogen and oxygen atoms in total. The van der Waals surface area contributed by atoms with E-state index in [1.165, 1.54) is 12.1 Å². The number of amides is 2. The molecule has 0 fully saturated rings. The Morgan fingerprint density at radius 3 is 2.02 bits per heavy atom. The highest BCUT2D eigenvalue weighted by atomic mass is 35.5. The number of aliphatic carboxylic acids is 1. The standard InChI is InChI=1S/C37H32ClFN2O4/c1-37(2,3)28-15-12-24(13-16-28)34(42)40-32-21-26-7-5-4-6-25(26)19-29(32)35(43)41-33(36(44)45)18-22-8-10-23(11-9-22)27-14-17-31(39)30(38)20-27/h4-17,19-21,33H,18H2,1-3H3,(H,40,42)(H,41,43)(H,44,45). The van der Waals surface area contributed by atoms with Gasteiger partial charge in [-0.05, 0) is 74.8 Å². The van der Waals surface area contributed by atoms with Crippen molar-refractivity contribution in [2.24, 2.45) is 0 Å². The Kier molecular flexibility index (Phi) is 9.02. The van der Waals surface area contributed by atoms with Crippen molar-refractivity contribution in [3.8, 4) is 11.1 Å². The van der Waals surface area contributed by atoms with Crippen molar-refractivity contribution in [1.29, 1.82) is 0 Å². The van der Waals surface area contributed by atoms with Crippen molar-refractivity contribution >= 4 is 45.8 Å². The molecule has 0 aliphatic carbocycles. The average molecular weight is 623 g/mol. The van der Waals surface area contributed by atoms with Gasteiger partial charge in [0.2, 0.25) is 0 Å².